The van der Waals surface area contributed by atoms with Crippen LogP contribution in [0.4, 0.5) is 22.0 Å². The van der Waals surface area contributed by atoms with Gasteiger partial charge in [-0.3, -0.25) is 9.69 Å². The minimum absolute atomic E-state index is 0.0523. The molecule has 3 N–H and O–H groups in total. The predicted molar refractivity (Wildman–Crippen MR) is 154 cm³/mol. The van der Waals surface area contributed by atoms with Gasteiger partial charge in [0.15, 0.2) is 0 Å². The van der Waals surface area contributed by atoms with E-state index in [1.165, 1.54) is 0 Å². The van der Waals surface area contributed by atoms with Crippen LogP contribution < -0.4 is 15.5 Å². The molecule has 41 heavy (non-hydrogen) atoms. The van der Waals surface area contributed by atoms with Crippen molar-refractivity contribution in [1.29, 1.82) is 0 Å². The summed E-state index contributed by atoms with van der Waals surface area (Å²) in [5, 5.41) is 17.0. The Morgan fingerprint density at radius 3 is 2.71 bits per heavy atom. The third-order valence-electron chi connectivity index (χ3n) is 8.72. The lowest BCUT2D eigenvalue weighted by atomic mass is 10.0. The van der Waals surface area contributed by atoms with E-state index >= 15 is 0 Å². The zero-order valence-corrected chi connectivity index (χ0v) is 23.7. The number of rotatable bonds is 8. The number of likely N-dealkylation sites (tertiary alicyclic amines) is 1. The first kappa shape index (κ1) is 27.8. The fraction of sp³-hybridized carbons (Fsp3) is 0.586. The van der Waals surface area contributed by atoms with Crippen LogP contribution in [-0.4, -0.2) is 99.2 Å². The third kappa shape index (κ3) is 5.86. The fourth-order valence-electron chi connectivity index (χ4n) is 5.84. The van der Waals surface area contributed by atoms with Gasteiger partial charge in [0.25, 0.3) is 5.91 Å². The number of nitrogens with one attached hydrogen (secondary N) is 2. The summed E-state index contributed by atoms with van der Waals surface area (Å²) in [5.74, 6) is 1.45. The lowest BCUT2D eigenvalue weighted by Crippen LogP contribution is -2.54. The van der Waals surface area contributed by atoms with Crippen LogP contribution in [0.15, 0.2) is 30.7 Å². The van der Waals surface area contributed by atoms with E-state index in [1.54, 1.807) is 23.4 Å². The maximum absolute atomic E-state index is 14.1. The highest BCUT2D eigenvalue weighted by atomic mass is 19.1. The van der Waals surface area contributed by atoms with Crippen molar-refractivity contribution in [2.24, 2.45) is 0 Å². The predicted octanol–water partition coefficient (Wildman–Crippen LogP) is 3.04. The van der Waals surface area contributed by atoms with E-state index in [0.29, 0.717) is 42.2 Å². The van der Waals surface area contributed by atoms with E-state index in [0.717, 1.165) is 56.5 Å². The number of hydrogen-bond donors (Lipinski definition) is 3. The summed E-state index contributed by atoms with van der Waals surface area (Å²) in [6, 6.07) is 4.55. The SMILES string of the molecule is CCC(C)n1cc(C(=O)NC2CCN(C3COC3)CC2)c2cnc(Nc3ccnc(N4CCC(O)C(F)C4)n3)cc21. The zero-order valence-electron chi connectivity index (χ0n) is 23.7. The van der Waals surface area contributed by atoms with Gasteiger partial charge < -0.3 is 29.9 Å². The van der Waals surface area contributed by atoms with Crippen molar-refractivity contribution in [2.75, 3.05) is 49.6 Å². The Bertz CT molecular complexity index is 1370. The van der Waals surface area contributed by atoms with Crippen molar-refractivity contribution >= 4 is 34.4 Å². The number of aromatic nitrogens is 4. The second kappa shape index (κ2) is 11.9. The molecule has 12 heteroatoms. The van der Waals surface area contributed by atoms with Crippen LogP contribution in [0.3, 0.4) is 0 Å². The molecule has 1 amide bonds. The number of anilines is 3. The van der Waals surface area contributed by atoms with E-state index in [4.69, 9.17) is 4.74 Å². The molecular weight excluding hydrogens is 527 g/mol. The quantitative estimate of drug-likeness (QED) is 0.378. The van der Waals surface area contributed by atoms with Gasteiger partial charge in [-0.25, -0.2) is 14.4 Å². The van der Waals surface area contributed by atoms with Crippen molar-refractivity contribution in [1.82, 2.24) is 29.7 Å². The fourth-order valence-corrected chi connectivity index (χ4v) is 5.84. The number of piperidine rings is 2. The van der Waals surface area contributed by atoms with Crippen LogP contribution in [0.1, 0.15) is 55.9 Å². The average molecular weight is 567 g/mol. The van der Waals surface area contributed by atoms with Gasteiger partial charge in [-0.15, -0.1) is 0 Å². The van der Waals surface area contributed by atoms with Crippen LogP contribution in [-0.2, 0) is 4.74 Å². The Morgan fingerprint density at radius 1 is 1.20 bits per heavy atom. The number of ether oxygens (including phenoxy) is 1. The molecule has 3 saturated heterocycles. The number of aliphatic hydroxyl groups excluding tert-OH is 1. The molecule has 0 spiro atoms. The summed E-state index contributed by atoms with van der Waals surface area (Å²) in [6.45, 7) is 8.38. The highest BCUT2D eigenvalue weighted by Crippen LogP contribution is 2.29. The zero-order chi connectivity index (χ0) is 28.5. The van der Waals surface area contributed by atoms with Gasteiger partial charge in [0.1, 0.15) is 17.8 Å². The monoisotopic (exact) mass is 566 g/mol. The van der Waals surface area contributed by atoms with Crippen LogP contribution in [0, 0.1) is 0 Å². The first-order valence-corrected chi connectivity index (χ1v) is 14.7. The van der Waals surface area contributed by atoms with Crippen LogP contribution >= 0.6 is 0 Å². The molecule has 3 aliphatic rings. The number of fused-ring (bicyclic) bond motifs is 1. The molecule has 3 atom stereocenters. The van der Waals surface area contributed by atoms with E-state index in [9.17, 15) is 14.3 Å². The third-order valence-corrected chi connectivity index (χ3v) is 8.72. The molecular formula is C29H39FN8O3. The number of hydrogen-bond acceptors (Lipinski definition) is 9. The average Bonchev–Trinajstić information content (AvgIpc) is 3.33. The molecule has 0 aromatic carbocycles. The van der Waals surface area contributed by atoms with E-state index in [-0.39, 0.29) is 24.5 Å². The maximum atomic E-state index is 14.1. The number of aliphatic hydroxyl groups is 1. The normalized spacial score (nSPS) is 23.4. The van der Waals surface area contributed by atoms with Crippen molar-refractivity contribution in [2.45, 2.75) is 69.9 Å². The molecule has 6 rings (SSSR count). The Morgan fingerprint density at radius 2 is 2.00 bits per heavy atom. The Balaban J connectivity index is 1.19. The highest BCUT2D eigenvalue weighted by Gasteiger charge is 2.31. The molecule has 3 aliphatic heterocycles. The summed E-state index contributed by atoms with van der Waals surface area (Å²) in [6.07, 6.45) is 6.14. The van der Waals surface area contributed by atoms with E-state index in [2.05, 4.69) is 48.9 Å². The number of alkyl halides is 1. The number of halogens is 1. The van der Waals surface area contributed by atoms with Gasteiger partial charge in [-0.1, -0.05) is 6.92 Å². The molecule has 0 aliphatic carbocycles. The summed E-state index contributed by atoms with van der Waals surface area (Å²) in [4.78, 5) is 31.2. The minimum Gasteiger partial charge on any atom is -0.390 e. The molecule has 0 bridgehead atoms. The summed E-state index contributed by atoms with van der Waals surface area (Å²) >= 11 is 0. The second-order valence-corrected chi connectivity index (χ2v) is 11.5. The van der Waals surface area contributed by atoms with Crippen LogP contribution in [0.25, 0.3) is 10.9 Å². The smallest absolute Gasteiger partial charge is 0.253 e. The molecule has 11 nitrogen and oxygen atoms in total. The molecule has 3 aromatic heterocycles. The first-order valence-electron chi connectivity index (χ1n) is 14.7. The molecule has 3 unspecified atom stereocenters. The van der Waals surface area contributed by atoms with Crippen molar-refractivity contribution in [3.63, 3.8) is 0 Å². The summed E-state index contributed by atoms with van der Waals surface area (Å²) in [7, 11) is 0. The second-order valence-electron chi connectivity index (χ2n) is 11.5. The molecule has 220 valence electrons. The summed E-state index contributed by atoms with van der Waals surface area (Å²) in [5.41, 5.74) is 1.55. The molecule has 3 aromatic rings. The standard InChI is InChI=1S/C29H39FN8O3/c1-3-18(2)38-14-22(28(40)33-19-5-9-36(10-6-19)20-16-41-17-20)21-13-32-27(12-24(21)38)34-26-4-8-31-29(35-26)37-11-7-25(39)23(30)15-37/h4,8,12-14,18-20,23,25,39H,3,5-7,9-11,15-17H2,1-2H3,(H,33,40)(H,31,32,34,35). The molecule has 0 saturated carbocycles. The van der Waals surface area contributed by atoms with Crippen LogP contribution in [0.5, 0.6) is 0 Å². The first-order chi connectivity index (χ1) is 19.9. The minimum atomic E-state index is -1.33. The number of nitrogens with zero attached hydrogens (tertiary/aromatic N) is 6. The van der Waals surface area contributed by atoms with Gasteiger partial charge in [-0.05, 0) is 38.7 Å². The largest absolute Gasteiger partial charge is 0.390 e. The maximum Gasteiger partial charge on any atom is 0.253 e. The van der Waals surface area contributed by atoms with E-state index in [1.807, 2.05) is 12.3 Å². The highest BCUT2D eigenvalue weighted by molar-refractivity contribution is 6.07. The van der Waals surface area contributed by atoms with Gasteiger partial charge >= 0.3 is 0 Å². The topological polar surface area (TPSA) is 121 Å². The molecule has 3 fully saturated rings. The summed E-state index contributed by atoms with van der Waals surface area (Å²) < 4.78 is 21.6. The van der Waals surface area contributed by atoms with Crippen molar-refractivity contribution in [3.05, 3.63) is 36.3 Å². The number of amides is 1. The van der Waals surface area contributed by atoms with Gasteiger partial charge in [0.05, 0.1) is 43.0 Å². The van der Waals surface area contributed by atoms with E-state index < -0.39 is 12.3 Å². The lowest BCUT2D eigenvalue weighted by molar-refractivity contribution is -0.0716. The van der Waals surface area contributed by atoms with Crippen LogP contribution in [0.2, 0.25) is 0 Å². The van der Waals surface area contributed by atoms with Gasteiger partial charge in [0.2, 0.25) is 5.95 Å². The Hall–Kier alpha value is -3.35. The van der Waals surface area contributed by atoms with Crippen molar-refractivity contribution in [3.8, 4) is 0 Å². The number of carbonyl (C=O) groups is 1. The lowest BCUT2D eigenvalue weighted by Gasteiger charge is -2.41. The van der Waals surface area contributed by atoms with Crippen molar-refractivity contribution < 1.29 is 19.0 Å². The van der Waals surface area contributed by atoms with Gasteiger partial charge in [-0.2, -0.15) is 4.98 Å². The number of pyridine rings is 1. The molecule has 0 radical (unpaired) electrons. The van der Waals surface area contributed by atoms with Gasteiger partial charge in [0, 0.05) is 61.8 Å². The number of carbonyl (C=O) groups excluding carboxylic acids is 1. The Labute approximate surface area is 239 Å². The Kier molecular flexibility index (Phi) is 8.05. The molecule has 6 heterocycles.